The molecule has 1 unspecified atom stereocenters. The van der Waals surface area contributed by atoms with Crippen LogP contribution in [0.5, 0.6) is 0 Å². The van der Waals surface area contributed by atoms with Crippen LogP contribution in [0.15, 0.2) is 30.6 Å². The summed E-state index contributed by atoms with van der Waals surface area (Å²) in [5.74, 6) is 1.34. The lowest BCUT2D eigenvalue weighted by Gasteiger charge is -2.33. The van der Waals surface area contributed by atoms with Crippen molar-refractivity contribution in [1.29, 1.82) is 0 Å². The molecule has 7 nitrogen and oxygen atoms in total. The Hall–Kier alpha value is -2.25. The summed E-state index contributed by atoms with van der Waals surface area (Å²) in [5.41, 5.74) is 2.27. The first-order valence-corrected chi connectivity index (χ1v) is 8.76. The fourth-order valence-electron chi connectivity index (χ4n) is 3.31. The lowest BCUT2D eigenvalue weighted by Crippen LogP contribution is -2.37. The molecule has 3 aromatic rings. The van der Waals surface area contributed by atoms with Gasteiger partial charge in [0.1, 0.15) is 11.5 Å². The summed E-state index contributed by atoms with van der Waals surface area (Å²) in [6, 6.07) is 5.56. The quantitative estimate of drug-likeness (QED) is 0.770. The Kier molecular flexibility index (Phi) is 4.50. The highest BCUT2D eigenvalue weighted by Gasteiger charge is 2.22. The number of aliphatic hydroxyl groups is 1. The van der Waals surface area contributed by atoms with Gasteiger partial charge in [-0.25, -0.2) is 4.98 Å². The molecule has 0 amide bonds. The van der Waals surface area contributed by atoms with E-state index >= 15 is 0 Å². The van der Waals surface area contributed by atoms with Crippen molar-refractivity contribution in [3.8, 4) is 0 Å². The fraction of sp³-hybridized carbons (Fsp3) is 0.412. The Balaban J connectivity index is 1.50. The van der Waals surface area contributed by atoms with Crippen LogP contribution >= 0.6 is 11.6 Å². The Labute approximate surface area is 150 Å². The highest BCUT2D eigenvalue weighted by Crippen LogP contribution is 2.24. The molecule has 1 atom stereocenters. The van der Waals surface area contributed by atoms with Crippen molar-refractivity contribution in [3.05, 3.63) is 41.3 Å². The molecule has 1 saturated heterocycles. The van der Waals surface area contributed by atoms with Crippen LogP contribution in [-0.2, 0) is 13.2 Å². The van der Waals surface area contributed by atoms with E-state index in [0.29, 0.717) is 16.6 Å². The second kappa shape index (κ2) is 6.93. The largest absolute Gasteiger partial charge is 0.390 e. The molecule has 3 heterocycles. The lowest BCUT2D eigenvalue weighted by molar-refractivity contribution is 0.276. The molecule has 0 spiro atoms. The van der Waals surface area contributed by atoms with Gasteiger partial charge in [0.25, 0.3) is 0 Å². The zero-order valence-corrected chi connectivity index (χ0v) is 14.5. The van der Waals surface area contributed by atoms with Crippen molar-refractivity contribution in [1.82, 2.24) is 25.0 Å². The third kappa shape index (κ3) is 3.57. The molecule has 0 saturated carbocycles. The highest BCUT2D eigenvalue weighted by atomic mass is 35.5. The van der Waals surface area contributed by atoms with E-state index in [9.17, 15) is 0 Å². The summed E-state index contributed by atoms with van der Waals surface area (Å²) < 4.78 is 1.81. The van der Waals surface area contributed by atoms with Gasteiger partial charge in [0.15, 0.2) is 0 Å². The molecule has 130 valence electrons. The third-order valence-corrected chi connectivity index (χ3v) is 4.76. The lowest BCUT2D eigenvalue weighted by atomic mass is 9.98. The van der Waals surface area contributed by atoms with Crippen LogP contribution in [0, 0.1) is 5.92 Å². The van der Waals surface area contributed by atoms with Gasteiger partial charge in [-0.3, -0.25) is 9.67 Å². The number of hydrogen-bond donors (Lipinski definition) is 1. The van der Waals surface area contributed by atoms with Crippen LogP contribution in [0.4, 0.5) is 5.82 Å². The number of hydrogen-bond acceptors (Lipinski definition) is 6. The summed E-state index contributed by atoms with van der Waals surface area (Å²) in [7, 11) is 0. The first-order chi connectivity index (χ1) is 12.2. The maximum atomic E-state index is 9.10. The van der Waals surface area contributed by atoms with Crippen LogP contribution in [0.2, 0.25) is 5.02 Å². The molecular weight excluding hydrogens is 340 g/mol. The number of anilines is 1. The van der Waals surface area contributed by atoms with Gasteiger partial charge in [-0.2, -0.15) is 0 Å². The predicted molar refractivity (Wildman–Crippen MR) is 95.4 cm³/mol. The van der Waals surface area contributed by atoms with Crippen molar-refractivity contribution in [2.45, 2.75) is 26.0 Å². The molecule has 0 bridgehead atoms. The molecule has 1 aromatic carbocycles. The van der Waals surface area contributed by atoms with Gasteiger partial charge >= 0.3 is 0 Å². The molecule has 0 aliphatic carbocycles. The number of aliphatic hydroxyl groups excluding tert-OH is 1. The number of fused-ring (bicyclic) bond motifs is 1. The molecule has 1 N–H and O–H groups in total. The minimum atomic E-state index is -0.0774. The van der Waals surface area contributed by atoms with Crippen molar-refractivity contribution in [3.63, 3.8) is 0 Å². The molecular formula is C17H19ClN6O. The summed E-state index contributed by atoms with van der Waals surface area (Å²) in [6.45, 7) is 2.58. The Morgan fingerprint density at radius 2 is 2.20 bits per heavy atom. The maximum Gasteiger partial charge on any atom is 0.147 e. The van der Waals surface area contributed by atoms with Crippen molar-refractivity contribution >= 4 is 28.5 Å². The van der Waals surface area contributed by atoms with Gasteiger partial charge in [0.2, 0.25) is 0 Å². The zero-order valence-electron chi connectivity index (χ0n) is 13.7. The minimum Gasteiger partial charge on any atom is -0.390 e. The monoisotopic (exact) mass is 358 g/mol. The predicted octanol–water partition coefficient (Wildman–Crippen LogP) is 2.28. The number of halogens is 1. The van der Waals surface area contributed by atoms with Crippen LogP contribution < -0.4 is 4.90 Å². The van der Waals surface area contributed by atoms with E-state index in [4.69, 9.17) is 21.7 Å². The van der Waals surface area contributed by atoms with E-state index in [1.54, 1.807) is 6.20 Å². The van der Waals surface area contributed by atoms with E-state index in [-0.39, 0.29) is 6.61 Å². The van der Waals surface area contributed by atoms with Crippen LogP contribution in [-0.4, -0.2) is 43.2 Å². The number of aromatic nitrogens is 5. The molecule has 8 heteroatoms. The van der Waals surface area contributed by atoms with Crippen LogP contribution in [0.25, 0.3) is 11.0 Å². The number of benzene rings is 1. The van der Waals surface area contributed by atoms with Gasteiger partial charge in [0, 0.05) is 24.7 Å². The molecule has 4 rings (SSSR count). The van der Waals surface area contributed by atoms with Crippen molar-refractivity contribution in [2.24, 2.45) is 5.92 Å². The minimum absolute atomic E-state index is 0.0774. The van der Waals surface area contributed by atoms with Gasteiger partial charge in [0.05, 0.1) is 30.0 Å². The highest BCUT2D eigenvalue weighted by molar-refractivity contribution is 6.31. The Morgan fingerprint density at radius 1 is 1.28 bits per heavy atom. The van der Waals surface area contributed by atoms with E-state index in [2.05, 4.69) is 20.2 Å². The molecule has 1 aliphatic rings. The second-order valence-electron chi connectivity index (χ2n) is 6.41. The number of rotatable bonds is 4. The Morgan fingerprint density at radius 3 is 3.04 bits per heavy atom. The van der Waals surface area contributed by atoms with Crippen LogP contribution in [0.1, 0.15) is 18.5 Å². The second-order valence-corrected chi connectivity index (χ2v) is 6.84. The normalized spacial score (nSPS) is 18.0. The topological polar surface area (TPSA) is 80.0 Å². The van der Waals surface area contributed by atoms with Gasteiger partial charge in [-0.05, 0) is 37.0 Å². The van der Waals surface area contributed by atoms with Gasteiger partial charge < -0.3 is 10.0 Å². The Bertz CT molecular complexity index is 882. The van der Waals surface area contributed by atoms with Crippen molar-refractivity contribution in [2.75, 3.05) is 18.0 Å². The first-order valence-electron chi connectivity index (χ1n) is 8.38. The van der Waals surface area contributed by atoms with E-state index in [1.807, 2.05) is 29.1 Å². The standard InChI is InChI=1S/C17H19ClN6O/c18-13-3-4-15-16(6-13)20-17(7-19-15)23-5-1-2-12(8-23)9-24-10-14(11-25)21-22-24/h3-4,6-7,10,12,25H,1-2,5,8-9,11H2. The van der Waals surface area contributed by atoms with Gasteiger partial charge in [-0.15, -0.1) is 5.10 Å². The van der Waals surface area contributed by atoms with E-state index < -0.39 is 0 Å². The average molecular weight is 359 g/mol. The zero-order chi connectivity index (χ0) is 17.2. The van der Waals surface area contributed by atoms with E-state index in [1.165, 1.54) is 0 Å². The van der Waals surface area contributed by atoms with Gasteiger partial charge in [-0.1, -0.05) is 16.8 Å². The number of piperidine rings is 1. The molecule has 2 aromatic heterocycles. The molecule has 1 fully saturated rings. The average Bonchev–Trinajstić information content (AvgIpc) is 3.09. The smallest absolute Gasteiger partial charge is 0.147 e. The summed E-state index contributed by atoms with van der Waals surface area (Å²) in [6.07, 6.45) is 5.87. The SMILES string of the molecule is OCc1cn(CC2CCCN(c3cnc4ccc(Cl)cc4n3)C2)nn1. The summed E-state index contributed by atoms with van der Waals surface area (Å²) >= 11 is 6.07. The third-order valence-electron chi connectivity index (χ3n) is 4.53. The summed E-state index contributed by atoms with van der Waals surface area (Å²) in [5, 5.41) is 17.8. The van der Waals surface area contributed by atoms with E-state index in [0.717, 1.165) is 49.3 Å². The van der Waals surface area contributed by atoms with Crippen molar-refractivity contribution < 1.29 is 5.11 Å². The maximum absolute atomic E-state index is 9.10. The first kappa shape index (κ1) is 16.2. The fourth-order valence-corrected chi connectivity index (χ4v) is 3.48. The molecule has 0 radical (unpaired) electrons. The molecule has 25 heavy (non-hydrogen) atoms. The summed E-state index contributed by atoms with van der Waals surface area (Å²) in [4.78, 5) is 11.5. The molecule has 1 aliphatic heterocycles. The van der Waals surface area contributed by atoms with Crippen LogP contribution in [0.3, 0.4) is 0 Å². The number of nitrogens with zero attached hydrogens (tertiary/aromatic N) is 6.